The highest BCUT2D eigenvalue weighted by Crippen LogP contribution is 2.22. The lowest BCUT2D eigenvalue weighted by molar-refractivity contribution is 0.511. The number of nitrogens with one attached hydrogen (secondary N) is 1. The first-order valence-electron chi connectivity index (χ1n) is 4.98. The highest BCUT2D eigenvalue weighted by molar-refractivity contribution is 7.99. The normalized spacial score (nSPS) is 21.6. The first-order chi connectivity index (χ1) is 6.86. The number of aromatic nitrogens is 3. The molecule has 78 valence electrons. The number of nitrogens with zero attached hydrogens (tertiary/aromatic N) is 3. The zero-order chi connectivity index (χ0) is 9.80. The fraction of sp³-hybridized carbons (Fsp3) is 0.778. The minimum absolute atomic E-state index is 0.862. The Morgan fingerprint density at radius 1 is 1.71 bits per heavy atom. The third-order valence-electron chi connectivity index (χ3n) is 2.57. The zero-order valence-electron chi connectivity index (χ0n) is 8.44. The minimum atomic E-state index is 0.862. The van der Waals surface area contributed by atoms with Gasteiger partial charge in [0.1, 0.15) is 0 Å². The molecule has 4 nitrogen and oxygen atoms in total. The van der Waals surface area contributed by atoms with Crippen LogP contribution >= 0.6 is 11.8 Å². The molecule has 1 N–H and O–H groups in total. The molecule has 0 aliphatic carbocycles. The van der Waals surface area contributed by atoms with Gasteiger partial charge in [0.2, 0.25) is 0 Å². The Hall–Kier alpha value is -0.550. The van der Waals surface area contributed by atoms with Crippen LogP contribution in [0.4, 0.5) is 0 Å². The summed E-state index contributed by atoms with van der Waals surface area (Å²) in [5.74, 6) is 3.51. The number of hydrogen-bond donors (Lipinski definition) is 1. The molecule has 0 radical (unpaired) electrons. The van der Waals surface area contributed by atoms with E-state index in [4.69, 9.17) is 0 Å². The summed E-state index contributed by atoms with van der Waals surface area (Å²) in [7, 11) is 1.93. The lowest BCUT2D eigenvalue weighted by atomic mass is 10.1. The van der Waals surface area contributed by atoms with Crippen molar-refractivity contribution < 1.29 is 0 Å². The summed E-state index contributed by atoms with van der Waals surface area (Å²) >= 11 is 2.06. The van der Waals surface area contributed by atoms with Crippen LogP contribution in [0.25, 0.3) is 0 Å². The molecule has 0 spiro atoms. The standard InChI is InChI=1S/C9H16N4S/c1-13-9(6-11-12-13)5-10-4-8-2-3-14-7-8/h6,8,10H,2-5,7H2,1H3. The van der Waals surface area contributed by atoms with Gasteiger partial charge in [-0.05, 0) is 30.4 Å². The molecule has 1 saturated heterocycles. The van der Waals surface area contributed by atoms with Crippen molar-refractivity contribution in [1.82, 2.24) is 20.3 Å². The average molecular weight is 212 g/mol. The van der Waals surface area contributed by atoms with Crippen LogP contribution in [0.3, 0.4) is 0 Å². The van der Waals surface area contributed by atoms with Gasteiger partial charge in [-0.15, -0.1) is 5.10 Å². The van der Waals surface area contributed by atoms with Crippen molar-refractivity contribution in [3.63, 3.8) is 0 Å². The van der Waals surface area contributed by atoms with Gasteiger partial charge in [0.25, 0.3) is 0 Å². The van der Waals surface area contributed by atoms with Crippen molar-refractivity contribution >= 4 is 11.8 Å². The van der Waals surface area contributed by atoms with Gasteiger partial charge in [-0.1, -0.05) is 5.21 Å². The monoisotopic (exact) mass is 212 g/mol. The maximum atomic E-state index is 3.89. The van der Waals surface area contributed by atoms with Crippen LogP contribution in [-0.2, 0) is 13.6 Å². The zero-order valence-corrected chi connectivity index (χ0v) is 9.26. The van der Waals surface area contributed by atoms with Gasteiger partial charge in [0.15, 0.2) is 0 Å². The molecule has 1 aromatic rings. The van der Waals surface area contributed by atoms with E-state index in [1.165, 1.54) is 17.9 Å². The van der Waals surface area contributed by atoms with Gasteiger partial charge >= 0.3 is 0 Å². The van der Waals surface area contributed by atoms with Crippen molar-refractivity contribution in [2.75, 3.05) is 18.1 Å². The van der Waals surface area contributed by atoms with Crippen LogP contribution < -0.4 is 5.32 Å². The minimum Gasteiger partial charge on any atom is -0.311 e. The van der Waals surface area contributed by atoms with Crippen molar-refractivity contribution in [2.45, 2.75) is 13.0 Å². The third-order valence-corrected chi connectivity index (χ3v) is 3.80. The van der Waals surface area contributed by atoms with Gasteiger partial charge in [-0.2, -0.15) is 11.8 Å². The maximum absolute atomic E-state index is 3.89. The van der Waals surface area contributed by atoms with E-state index in [0.29, 0.717) is 0 Å². The van der Waals surface area contributed by atoms with Crippen molar-refractivity contribution in [3.05, 3.63) is 11.9 Å². The Kier molecular flexibility index (Phi) is 3.42. The quantitative estimate of drug-likeness (QED) is 0.796. The highest BCUT2D eigenvalue weighted by atomic mass is 32.2. The fourth-order valence-electron chi connectivity index (χ4n) is 1.62. The second-order valence-corrected chi connectivity index (χ2v) is 4.86. The summed E-state index contributed by atoms with van der Waals surface area (Å²) in [6.07, 6.45) is 3.18. The van der Waals surface area contributed by atoms with Crippen LogP contribution in [-0.4, -0.2) is 33.0 Å². The van der Waals surface area contributed by atoms with Gasteiger partial charge in [-0.3, -0.25) is 4.68 Å². The van der Waals surface area contributed by atoms with Crippen molar-refractivity contribution in [2.24, 2.45) is 13.0 Å². The Balaban J connectivity index is 1.70. The molecular formula is C9H16N4S. The summed E-state index contributed by atoms with van der Waals surface area (Å²) < 4.78 is 1.82. The molecule has 1 fully saturated rings. The summed E-state index contributed by atoms with van der Waals surface area (Å²) in [5.41, 5.74) is 1.15. The summed E-state index contributed by atoms with van der Waals surface area (Å²) in [6.45, 7) is 2.00. The van der Waals surface area contributed by atoms with Crippen LogP contribution in [0.15, 0.2) is 6.20 Å². The Morgan fingerprint density at radius 2 is 2.64 bits per heavy atom. The van der Waals surface area contributed by atoms with Crippen LogP contribution in [0.1, 0.15) is 12.1 Å². The topological polar surface area (TPSA) is 42.7 Å². The summed E-state index contributed by atoms with van der Waals surface area (Å²) in [4.78, 5) is 0. The second kappa shape index (κ2) is 4.79. The van der Waals surface area contributed by atoms with Gasteiger partial charge in [-0.25, -0.2) is 0 Å². The largest absolute Gasteiger partial charge is 0.311 e. The predicted octanol–water partition coefficient (Wildman–Crippen LogP) is 0.658. The number of rotatable bonds is 4. The molecule has 1 aliphatic heterocycles. The fourth-order valence-corrected chi connectivity index (χ4v) is 2.90. The van der Waals surface area contributed by atoms with Crippen molar-refractivity contribution in [1.29, 1.82) is 0 Å². The van der Waals surface area contributed by atoms with E-state index in [2.05, 4.69) is 27.4 Å². The number of thioether (sulfide) groups is 1. The van der Waals surface area contributed by atoms with Crippen LogP contribution in [0.5, 0.6) is 0 Å². The lowest BCUT2D eigenvalue weighted by Crippen LogP contribution is -2.23. The third kappa shape index (κ3) is 2.48. The Labute approximate surface area is 88.4 Å². The molecule has 1 aliphatic rings. The van der Waals surface area contributed by atoms with E-state index in [1.54, 1.807) is 0 Å². The highest BCUT2D eigenvalue weighted by Gasteiger charge is 2.14. The first kappa shape index (κ1) is 9.98. The molecule has 2 rings (SSSR count). The van der Waals surface area contributed by atoms with Crippen LogP contribution in [0.2, 0.25) is 0 Å². The van der Waals surface area contributed by atoms with E-state index < -0.39 is 0 Å². The van der Waals surface area contributed by atoms with E-state index >= 15 is 0 Å². The van der Waals surface area contributed by atoms with E-state index in [1.807, 2.05) is 17.9 Å². The summed E-state index contributed by atoms with van der Waals surface area (Å²) in [5, 5.41) is 11.2. The predicted molar refractivity (Wildman–Crippen MR) is 58.1 cm³/mol. The maximum Gasteiger partial charge on any atom is 0.0738 e. The van der Waals surface area contributed by atoms with Gasteiger partial charge in [0, 0.05) is 13.6 Å². The van der Waals surface area contributed by atoms with E-state index in [0.717, 1.165) is 24.7 Å². The van der Waals surface area contributed by atoms with Crippen molar-refractivity contribution in [3.8, 4) is 0 Å². The lowest BCUT2D eigenvalue weighted by Gasteiger charge is -2.09. The molecule has 1 atom stereocenters. The molecule has 1 unspecified atom stereocenters. The molecule has 2 heterocycles. The second-order valence-electron chi connectivity index (χ2n) is 3.71. The molecule has 0 aromatic carbocycles. The Morgan fingerprint density at radius 3 is 3.29 bits per heavy atom. The molecule has 0 saturated carbocycles. The molecule has 1 aromatic heterocycles. The van der Waals surface area contributed by atoms with Gasteiger partial charge in [0.05, 0.1) is 11.9 Å². The molecule has 14 heavy (non-hydrogen) atoms. The van der Waals surface area contributed by atoms with E-state index in [9.17, 15) is 0 Å². The molecule has 0 bridgehead atoms. The molecule has 5 heteroatoms. The molecule has 0 amide bonds. The average Bonchev–Trinajstić information content (AvgIpc) is 2.78. The SMILES string of the molecule is Cn1nncc1CNCC1CCSC1. The number of hydrogen-bond acceptors (Lipinski definition) is 4. The smallest absolute Gasteiger partial charge is 0.0738 e. The van der Waals surface area contributed by atoms with Gasteiger partial charge < -0.3 is 5.32 Å². The van der Waals surface area contributed by atoms with Crippen LogP contribution in [0, 0.1) is 5.92 Å². The Bertz CT molecular complexity index is 280. The number of aryl methyl sites for hydroxylation is 1. The molecular weight excluding hydrogens is 196 g/mol. The first-order valence-corrected chi connectivity index (χ1v) is 6.14. The van der Waals surface area contributed by atoms with E-state index in [-0.39, 0.29) is 0 Å². The summed E-state index contributed by atoms with van der Waals surface area (Å²) in [6, 6.07) is 0.